The fourth-order valence-electron chi connectivity index (χ4n) is 0.718. The first kappa shape index (κ1) is 12.8. The predicted octanol–water partition coefficient (Wildman–Crippen LogP) is -0.413. The summed E-state index contributed by atoms with van der Waals surface area (Å²) in [7, 11) is -0.0687. The lowest BCUT2D eigenvalue weighted by atomic mass is 10.4. The molecule has 0 saturated heterocycles. The van der Waals surface area contributed by atoms with Gasteiger partial charge in [-0.15, -0.1) is 0 Å². The second-order valence-corrected chi connectivity index (χ2v) is 4.66. The Morgan fingerprint density at radius 2 is 2.00 bits per heavy atom. The number of rotatable bonds is 7. The summed E-state index contributed by atoms with van der Waals surface area (Å²) in [6, 6.07) is 0. The largest absolute Gasteiger partial charge is 0.382 e. The maximum absolute atomic E-state index is 11.0. The van der Waals surface area contributed by atoms with E-state index >= 15 is 0 Å². The van der Waals surface area contributed by atoms with E-state index in [4.69, 9.17) is 9.47 Å². The first-order valence-electron chi connectivity index (χ1n) is 4.04. The van der Waals surface area contributed by atoms with Gasteiger partial charge >= 0.3 is 0 Å². The van der Waals surface area contributed by atoms with E-state index in [1.165, 1.54) is 7.11 Å². The molecule has 0 radical (unpaired) electrons. The Hall–Kier alpha value is -0.170. The van der Waals surface area contributed by atoms with E-state index < -0.39 is 10.0 Å². The summed E-state index contributed by atoms with van der Waals surface area (Å²) in [4.78, 5) is 0. The molecule has 80 valence electrons. The van der Waals surface area contributed by atoms with Crippen LogP contribution in [0.2, 0.25) is 0 Å². The van der Waals surface area contributed by atoms with Gasteiger partial charge in [0.1, 0.15) is 0 Å². The second-order valence-electron chi connectivity index (χ2n) is 2.56. The summed E-state index contributed by atoms with van der Waals surface area (Å²) >= 11 is 0. The highest BCUT2D eigenvalue weighted by molar-refractivity contribution is 7.89. The molecule has 13 heavy (non-hydrogen) atoms. The highest BCUT2D eigenvalue weighted by Gasteiger charge is 2.11. The molecule has 0 fully saturated rings. The van der Waals surface area contributed by atoms with Gasteiger partial charge in [0.2, 0.25) is 10.0 Å². The lowest BCUT2D eigenvalue weighted by Crippen LogP contribution is -2.36. The van der Waals surface area contributed by atoms with Crippen molar-refractivity contribution in [3.63, 3.8) is 0 Å². The Kier molecular flexibility index (Phi) is 6.23. The second kappa shape index (κ2) is 6.31. The van der Waals surface area contributed by atoms with E-state index in [0.717, 1.165) is 0 Å². The zero-order valence-electron chi connectivity index (χ0n) is 8.24. The third kappa shape index (κ3) is 5.98. The van der Waals surface area contributed by atoms with Crippen molar-refractivity contribution >= 4 is 10.0 Å². The minimum absolute atomic E-state index is 0.0798. The summed E-state index contributed by atoms with van der Waals surface area (Å²) < 4.78 is 34.3. The highest BCUT2D eigenvalue weighted by Crippen LogP contribution is 1.91. The highest BCUT2D eigenvalue weighted by atomic mass is 32.2. The first-order valence-corrected chi connectivity index (χ1v) is 5.70. The van der Waals surface area contributed by atoms with Gasteiger partial charge < -0.3 is 9.47 Å². The summed E-state index contributed by atoms with van der Waals surface area (Å²) in [5, 5.41) is 0. The van der Waals surface area contributed by atoms with Crippen LogP contribution in [0, 0.1) is 0 Å². The lowest BCUT2D eigenvalue weighted by molar-refractivity contribution is 0.0320. The zero-order valence-corrected chi connectivity index (χ0v) is 9.06. The van der Waals surface area contributed by atoms with Crippen molar-refractivity contribution in [3.05, 3.63) is 0 Å². The SMILES string of the molecule is CCS(=O)(=O)NCC(COC)OC. The minimum atomic E-state index is -3.13. The molecule has 0 spiro atoms. The molecule has 0 rings (SSSR count). The van der Waals surface area contributed by atoms with Crippen LogP contribution in [0.3, 0.4) is 0 Å². The molecule has 0 heterocycles. The van der Waals surface area contributed by atoms with Crippen LogP contribution in [-0.4, -0.2) is 47.6 Å². The van der Waals surface area contributed by atoms with Crippen LogP contribution >= 0.6 is 0 Å². The summed E-state index contributed by atoms with van der Waals surface area (Å²) in [6.45, 7) is 2.21. The van der Waals surface area contributed by atoms with Gasteiger partial charge in [0, 0.05) is 20.8 Å². The molecule has 6 heteroatoms. The molecule has 1 N–H and O–H groups in total. The third-order valence-corrected chi connectivity index (χ3v) is 2.96. The normalized spacial score (nSPS) is 14.4. The Labute approximate surface area is 79.5 Å². The molecule has 1 unspecified atom stereocenters. The molecule has 0 aliphatic heterocycles. The number of nitrogens with one attached hydrogen (secondary N) is 1. The Morgan fingerprint density at radius 1 is 1.38 bits per heavy atom. The van der Waals surface area contributed by atoms with E-state index in [1.807, 2.05) is 0 Å². The van der Waals surface area contributed by atoms with Crippen molar-refractivity contribution in [1.29, 1.82) is 0 Å². The van der Waals surface area contributed by atoms with E-state index in [9.17, 15) is 8.42 Å². The fourth-order valence-corrected chi connectivity index (χ4v) is 1.36. The van der Waals surface area contributed by atoms with Crippen molar-refractivity contribution in [2.24, 2.45) is 0 Å². The van der Waals surface area contributed by atoms with Gasteiger partial charge in [0.15, 0.2) is 0 Å². The van der Waals surface area contributed by atoms with Gasteiger partial charge in [0.05, 0.1) is 18.5 Å². The van der Waals surface area contributed by atoms with E-state index in [-0.39, 0.29) is 18.4 Å². The van der Waals surface area contributed by atoms with E-state index in [1.54, 1.807) is 14.0 Å². The van der Waals surface area contributed by atoms with Gasteiger partial charge in [-0.25, -0.2) is 13.1 Å². The smallest absolute Gasteiger partial charge is 0.211 e. The molecule has 1 atom stereocenters. The number of ether oxygens (including phenoxy) is 2. The van der Waals surface area contributed by atoms with Crippen LogP contribution in [-0.2, 0) is 19.5 Å². The third-order valence-electron chi connectivity index (χ3n) is 1.60. The van der Waals surface area contributed by atoms with Crippen LogP contribution in [0.25, 0.3) is 0 Å². The molecule has 0 saturated carbocycles. The van der Waals surface area contributed by atoms with Crippen LogP contribution in [0.5, 0.6) is 0 Å². The first-order chi connectivity index (χ1) is 6.05. The Bertz CT molecular complexity index is 215. The monoisotopic (exact) mass is 211 g/mol. The van der Waals surface area contributed by atoms with E-state index in [0.29, 0.717) is 6.61 Å². The zero-order chi connectivity index (χ0) is 10.3. The van der Waals surface area contributed by atoms with Gasteiger partial charge in [-0.2, -0.15) is 0 Å². The molecule has 0 aliphatic carbocycles. The average molecular weight is 211 g/mol. The number of sulfonamides is 1. The molecule has 0 amide bonds. The maximum atomic E-state index is 11.0. The fraction of sp³-hybridized carbons (Fsp3) is 1.00. The molecule has 0 aromatic carbocycles. The molecule has 0 aliphatic rings. The van der Waals surface area contributed by atoms with Crippen LogP contribution < -0.4 is 4.72 Å². The molecule has 0 bridgehead atoms. The quantitative estimate of drug-likeness (QED) is 0.621. The van der Waals surface area contributed by atoms with Gasteiger partial charge in [0.25, 0.3) is 0 Å². The molecule has 0 aromatic heterocycles. The summed E-state index contributed by atoms with van der Waals surface area (Å²) in [6.07, 6.45) is -0.230. The number of hydrogen-bond donors (Lipinski definition) is 1. The summed E-state index contributed by atoms with van der Waals surface area (Å²) in [5.74, 6) is 0.0798. The average Bonchev–Trinajstić information content (AvgIpc) is 2.12. The summed E-state index contributed by atoms with van der Waals surface area (Å²) in [5.41, 5.74) is 0. The van der Waals surface area contributed by atoms with Crippen molar-refractivity contribution in [3.8, 4) is 0 Å². The van der Waals surface area contributed by atoms with Gasteiger partial charge in [-0.05, 0) is 6.92 Å². The molecule has 5 nitrogen and oxygen atoms in total. The van der Waals surface area contributed by atoms with Crippen molar-refractivity contribution in [2.75, 3.05) is 33.1 Å². The molecular weight excluding hydrogens is 194 g/mol. The van der Waals surface area contributed by atoms with Crippen molar-refractivity contribution < 1.29 is 17.9 Å². The number of hydrogen-bond acceptors (Lipinski definition) is 4. The topological polar surface area (TPSA) is 64.6 Å². The molecule has 0 aromatic rings. The predicted molar refractivity (Wildman–Crippen MR) is 50.1 cm³/mol. The molecular formula is C7H17NO4S. The Morgan fingerprint density at radius 3 is 2.38 bits per heavy atom. The standard InChI is InChI=1S/C7H17NO4S/c1-4-13(9,10)8-5-7(12-3)6-11-2/h7-8H,4-6H2,1-3H3. The van der Waals surface area contributed by atoms with E-state index in [2.05, 4.69) is 4.72 Å². The van der Waals surface area contributed by atoms with Crippen LogP contribution in [0.4, 0.5) is 0 Å². The minimum Gasteiger partial charge on any atom is -0.382 e. The maximum Gasteiger partial charge on any atom is 0.211 e. The lowest BCUT2D eigenvalue weighted by Gasteiger charge is -2.14. The van der Waals surface area contributed by atoms with Gasteiger partial charge in [-0.3, -0.25) is 0 Å². The van der Waals surface area contributed by atoms with Crippen molar-refractivity contribution in [2.45, 2.75) is 13.0 Å². The van der Waals surface area contributed by atoms with Crippen molar-refractivity contribution in [1.82, 2.24) is 4.72 Å². The van der Waals surface area contributed by atoms with Crippen LogP contribution in [0.15, 0.2) is 0 Å². The van der Waals surface area contributed by atoms with Crippen LogP contribution in [0.1, 0.15) is 6.92 Å². The Balaban J connectivity index is 3.84. The van der Waals surface area contributed by atoms with Gasteiger partial charge in [-0.1, -0.05) is 0 Å². The number of methoxy groups -OCH3 is 2.